The van der Waals surface area contributed by atoms with E-state index in [4.69, 9.17) is 0 Å². The molecule has 0 unspecified atom stereocenters. The summed E-state index contributed by atoms with van der Waals surface area (Å²) in [5.41, 5.74) is 0.678. The molecule has 0 saturated heterocycles. The Morgan fingerprint density at radius 2 is 2.25 bits per heavy atom. The number of aromatic nitrogens is 3. The molecule has 1 aromatic carbocycles. The molecule has 0 saturated carbocycles. The third-order valence-electron chi connectivity index (χ3n) is 2.74. The Bertz CT molecular complexity index is 594. The van der Waals surface area contributed by atoms with E-state index >= 15 is 0 Å². The molecule has 0 spiro atoms. The minimum absolute atomic E-state index is 0.0408. The highest BCUT2D eigenvalue weighted by Crippen LogP contribution is 2.16. The van der Waals surface area contributed by atoms with Gasteiger partial charge in [0.1, 0.15) is 12.2 Å². The highest BCUT2D eigenvalue weighted by Gasteiger charge is 2.11. The lowest BCUT2D eigenvalue weighted by molar-refractivity contribution is -0.384. The maximum Gasteiger partial charge on any atom is 0.271 e. The molecule has 1 aromatic heterocycles. The smallest absolute Gasteiger partial charge is 0.271 e. The molecular formula is C13H17N5O2. The van der Waals surface area contributed by atoms with E-state index in [2.05, 4.69) is 29.2 Å². The number of hydrogen-bond donors (Lipinski definition) is 1. The summed E-state index contributed by atoms with van der Waals surface area (Å²) in [5, 5.41) is 18.2. The maximum absolute atomic E-state index is 10.8. The molecule has 106 valence electrons. The SMILES string of the molecule is CC(C)CNCc1ncnn1-c1cccc([N+](=O)[O-])c1. The summed E-state index contributed by atoms with van der Waals surface area (Å²) in [4.78, 5) is 14.6. The third-order valence-corrected chi connectivity index (χ3v) is 2.74. The van der Waals surface area contributed by atoms with E-state index in [9.17, 15) is 10.1 Å². The fourth-order valence-corrected chi connectivity index (χ4v) is 1.81. The molecule has 0 aliphatic rings. The van der Waals surface area contributed by atoms with Crippen molar-refractivity contribution in [2.45, 2.75) is 20.4 Å². The molecule has 1 heterocycles. The zero-order valence-electron chi connectivity index (χ0n) is 11.5. The van der Waals surface area contributed by atoms with Gasteiger partial charge in [-0.15, -0.1) is 0 Å². The van der Waals surface area contributed by atoms with Crippen molar-refractivity contribution in [2.75, 3.05) is 6.54 Å². The summed E-state index contributed by atoms with van der Waals surface area (Å²) in [6.07, 6.45) is 1.45. The summed E-state index contributed by atoms with van der Waals surface area (Å²) in [7, 11) is 0. The van der Waals surface area contributed by atoms with Crippen molar-refractivity contribution in [1.82, 2.24) is 20.1 Å². The van der Waals surface area contributed by atoms with Crippen molar-refractivity contribution in [3.8, 4) is 5.69 Å². The van der Waals surface area contributed by atoms with Crippen LogP contribution in [0.25, 0.3) is 5.69 Å². The molecule has 20 heavy (non-hydrogen) atoms. The summed E-state index contributed by atoms with van der Waals surface area (Å²) < 4.78 is 1.61. The number of nitrogens with one attached hydrogen (secondary N) is 1. The molecular weight excluding hydrogens is 258 g/mol. The van der Waals surface area contributed by atoms with Gasteiger partial charge in [-0.3, -0.25) is 10.1 Å². The zero-order chi connectivity index (χ0) is 14.5. The molecule has 0 bridgehead atoms. The normalized spacial score (nSPS) is 10.9. The van der Waals surface area contributed by atoms with Crippen LogP contribution in [0.15, 0.2) is 30.6 Å². The average molecular weight is 275 g/mol. The second-order valence-corrected chi connectivity index (χ2v) is 4.89. The number of benzene rings is 1. The molecule has 7 nitrogen and oxygen atoms in total. The summed E-state index contributed by atoms with van der Waals surface area (Å²) in [6.45, 7) is 5.69. The molecule has 0 atom stereocenters. The minimum atomic E-state index is -0.420. The summed E-state index contributed by atoms with van der Waals surface area (Å²) in [6, 6.07) is 6.35. The van der Waals surface area contributed by atoms with Gasteiger partial charge < -0.3 is 5.32 Å². The first-order valence-corrected chi connectivity index (χ1v) is 6.42. The van der Waals surface area contributed by atoms with Crippen molar-refractivity contribution < 1.29 is 4.92 Å². The summed E-state index contributed by atoms with van der Waals surface area (Å²) >= 11 is 0. The molecule has 2 rings (SSSR count). The Morgan fingerprint density at radius 3 is 2.95 bits per heavy atom. The number of rotatable bonds is 6. The van der Waals surface area contributed by atoms with Gasteiger partial charge in [0, 0.05) is 12.1 Å². The predicted octanol–water partition coefficient (Wildman–Crippen LogP) is 1.92. The van der Waals surface area contributed by atoms with E-state index in [0.717, 1.165) is 12.4 Å². The van der Waals surface area contributed by atoms with E-state index in [0.29, 0.717) is 18.2 Å². The lowest BCUT2D eigenvalue weighted by Gasteiger charge is -2.08. The minimum Gasteiger partial charge on any atom is -0.310 e. The van der Waals surface area contributed by atoms with Crippen molar-refractivity contribution in [1.29, 1.82) is 0 Å². The quantitative estimate of drug-likeness (QED) is 0.643. The van der Waals surface area contributed by atoms with Crippen LogP contribution in [-0.4, -0.2) is 26.2 Å². The number of non-ortho nitro benzene ring substituents is 1. The topological polar surface area (TPSA) is 85.9 Å². The average Bonchev–Trinajstić information content (AvgIpc) is 2.87. The Morgan fingerprint density at radius 1 is 1.45 bits per heavy atom. The van der Waals surface area contributed by atoms with Gasteiger partial charge in [0.25, 0.3) is 5.69 Å². The molecule has 0 aliphatic carbocycles. The maximum atomic E-state index is 10.8. The van der Waals surface area contributed by atoms with Gasteiger partial charge in [0.15, 0.2) is 0 Å². The van der Waals surface area contributed by atoms with E-state index in [1.54, 1.807) is 16.8 Å². The van der Waals surface area contributed by atoms with Gasteiger partial charge in [-0.2, -0.15) is 5.10 Å². The van der Waals surface area contributed by atoms with Crippen LogP contribution in [0.5, 0.6) is 0 Å². The predicted molar refractivity (Wildman–Crippen MR) is 74.6 cm³/mol. The first kappa shape index (κ1) is 14.1. The number of nitro groups is 1. The van der Waals surface area contributed by atoms with Crippen LogP contribution in [0.2, 0.25) is 0 Å². The van der Waals surface area contributed by atoms with E-state index < -0.39 is 4.92 Å². The van der Waals surface area contributed by atoms with Crippen molar-refractivity contribution in [2.24, 2.45) is 5.92 Å². The van der Waals surface area contributed by atoms with Gasteiger partial charge in [-0.1, -0.05) is 19.9 Å². The lowest BCUT2D eigenvalue weighted by Crippen LogP contribution is -2.21. The Hall–Kier alpha value is -2.28. The van der Waals surface area contributed by atoms with Crippen LogP contribution >= 0.6 is 0 Å². The second-order valence-electron chi connectivity index (χ2n) is 4.89. The van der Waals surface area contributed by atoms with Crippen molar-refractivity contribution in [3.05, 3.63) is 46.5 Å². The van der Waals surface area contributed by atoms with Gasteiger partial charge >= 0.3 is 0 Å². The fourth-order valence-electron chi connectivity index (χ4n) is 1.81. The van der Waals surface area contributed by atoms with Crippen LogP contribution in [0, 0.1) is 16.0 Å². The molecule has 0 fully saturated rings. The third kappa shape index (κ3) is 3.39. The first-order chi connectivity index (χ1) is 9.58. The Kier molecular flexibility index (Phi) is 4.41. The monoisotopic (exact) mass is 275 g/mol. The van der Waals surface area contributed by atoms with Crippen LogP contribution in [-0.2, 0) is 6.54 Å². The van der Waals surface area contributed by atoms with Gasteiger partial charge in [-0.25, -0.2) is 9.67 Å². The Balaban J connectivity index is 2.19. The van der Waals surface area contributed by atoms with Gasteiger partial charge in [0.2, 0.25) is 0 Å². The Labute approximate surface area is 116 Å². The van der Waals surface area contributed by atoms with Crippen molar-refractivity contribution in [3.63, 3.8) is 0 Å². The fraction of sp³-hybridized carbons (Fsp3) is 0.385. The number of nitro benzene ring substituents is 1. The van der Waals surface area contributed by atoms with E-state index in [-0.39, 0.29) is 5.69 Å². The van der Waals surface area contributed by atoms with E-state index in [1.165, 1.54) is 18.5 Å². The largest absolute Gasteiger partial charge is 0.310 e. The molecule has 0 aliphatic heterocycles. The highest BCUT2D eigenvalue weighted by molar-refractivity contribution is 5.42. The second kappa shape index (κ2) is 6.25. The van der Waals surface area contributed by atoms with Crippen LogP contribution in [0.4, 0.5) is 5.69 Å². The van der Waals surface area contributed by atoms with Crippen LogP contribution < -0.4 is 5.32 Å². The molecule has 0 amide bonds. The van der Waals surface area contributed by atoms with E-state index in [1.807, 2.05) is 0 Å². The molecule has 0 radical (unpaired) electrons. The van der Waals surface area contributed by atoms with Crippen LogP contribution in [0.1, 0.15) is 19.7 Å². The summed E-state index contributed by atoms with van der Waals surface area (Å²) in [5.74, 6) is 1.27. The highest BCUT2D eigenvalue weighted by atomic mass is 16.6. The standard InChI is InChI=1S/C13H17N5O2/c1-10(2)7-14-8-13-15-9-16-17(13)11-4-3-5-12(6-11)18(19)20/h3-6,9-10,14H,7-8H2,1-2H3. The van der Waals surface area contributed by atoms with Crippen molar-refractivity contribution >= 4 is 5.69 Å². The van der Waals surface area contributed by atoms with Crippen LogP contribution in [0.3, 0.4) is 0 Å². The van der Waals surface area contributed by atoms with Gasteiger partial charge in [0.05, 0.1) is 17.2 Å². The zero-order valence-corrected chi connectivity index (χ0v) is 11.5. The van der Waals surface area contributed by atoms with Gasteiger partial charge in [-0.05, 0) is 18.5 Å². The molecule has 1 N–H and O–H groups in total. The molecule has 2 aromatic rings. The number of hydrogen-bond acceptors (Lipinski definition) is 5. The first-order valence-electron chi connectivity index (χ1n) is 6.42. The number of nitrogens with zero attached hydrogens (tertiary/aromatic N) is 4. The lowest BCUT2D eigenvalue weighted by atomic mass is 10.2. The molecule has 7 heteroatoms.